The molecule has 0 bridgehead atoms. The summed E-state index contributed by atoms with van der Waals surface area (Å²) in [5.74, 6) is 3.06. The molecule has 0 spiro atoms. The third kappa shape index (κ3) is 11.8. The van der Waals surface area contributed by atoms with Crippen molar-refractivity contribution in [3.63, 3.8) is 0 Å². The summed E-state index contributed by atoms with van der Waals surface area (Å²) in [6.45, 7) is 18.2. The van der Waals surface area contributed by atoms with Crippen LogP contribution in [0.3, 0.4) is 0 Å². The minimum absolute atomic E-state index is 0.173. The Morgan fingerprint density at radius 3 is 1.67 bits per heavy atom. The topological polar surface area (TPSA) is 66.4 Å². The second kappa shape index (κ2) is 19.3. The second-order valence-corrected chi connectivity index (χ2v) is 15.4. The predicted molar refractivity (Wildman–Crippen MR) is 177 cm³/mol. The molecule has 0 aromatic heterocycles. The molecule has 0 aromatic rings. The maximum absolute atomic E-state index is 12.7. The molecule has 42 heavy (non-hydrogen) atoms. The first-order chi connectivity index (χ1) is 20.0. The molecule has 2 aliphatic carbocycles. The summed E-state index contributed by atoms with van der Waals surface area (Å²) in [5.41, 5.74) is 0. The molecule has 1 amide bonds. The summed E-state index contributed by atoms with van der Waals surface area (Å²) < 4.78 is 0.740. The molecular formula is C37H71N2O3+. The van der Waals surface area contributed by atoms with Crippen LogP contribution in [0.25, 0.3) is 0 Å². The summed E-state index contributed by atoms with van der Waals surface area (Å²) in [6, 6.07) is 0.776. The number of carboxylic acid groups (broad SMARTS) is 1. The van der Waals surface area contributed by atoms with Crippen LogP contribution in [0.4, 0.5) is 0 Å². The number of carbonyl (C=O) groups is 2. The predicted octanol–water partition coefficient (Wildman–Crippen LogP) is 9.24. The van der Waals surface area contributed by atoms with Gasteiger partial charge in [-0.2, -0.15) is 0 Å². The normalized spacial score (nSPS) is 28.1. The van der Waals surface area contributed by atoms with Crippen molar-refractivity contribution in [2.75, 3.05) is 19.6 Å². The largest absolute Gasteiger partial charge is 0.477 e. The van der Waals surface area contributed by atoms with Crippen molar-refractivity contribution < 1.29 is 19.2 Å². The molecule has 246 valence electrons. The van der Waals surface area contributed by atoms with E-state index in [0.717, 1.165) is 43.1 Å². The van der Waals surface area contributed by atoms with Gasteiger partial charge in [0.1, 0.15) is 0 Å². The van der Waals surface area contributed by atoms with E-state index >= 15 is 0 Å². The Kier molecular flexibility index (Phi) is 17.1. The van der Waals surface area contributed by atoms with Crippen molar-refractivity contribution in [3.8, 4) is 0 Å². The van der Waals surface area contributed by atoms with Crippen LogP contribution >= 0.6 is 0 Å². The fourth-order valence-corrected chi connectivity index (χ4v) is 8.92. The van der Waals surface area contributed by atoms with Crippen LogP contribution in [0.2, 0.25) is 0 Å². The molecule has 5 nitrogen and oxygen atoms in total. The lowest BCUT2D eigenvalue weighted by molar-refractivity contribution is -0.977. The quantitative estimate of drug-likeness (QED) is 0.110. The highest BCUT2D eigenvalue weighted by atomic mass is 16.4. The number of amides is 1. The summed E-state index contributed by atoms with van der Waals surface area (Å²) in [7, 11) is 0. The second-order valence-electron chi connectivity index (χ2n) is 15.4. The van der Waals surface area contributed by atoms with E-state index < -0.39 is 5.97 Å². The molecule has 0 saturated heterocycles. The molecular weight excluding hydrogens is 520 g/mol. The zero-order valence-corrected chi connectivity index (χ0v) is 29.0. The van der Waals surface area contributed by atoms with Crippen LogP contribution in [0.1, 0.15) is 158 Å². The SMILES string of the molecule is CCCCCCCCCCCC(=O)NCCC[N+](CC(=O)O)(C1CC(C)CCC1C(C)C)C1CC(C)CCC1C(C)C. The van der Waals surface area contributed by atoms with Crippen LogP contribution in [-0.4, -0.2) is 53.2 Å². The lowest BCUT2D eigenvalue weighted by Crippen LogP contribution is -2.70. The molecule has 0 heterocycles. The van der Waals surface area contributed by atoms with E-state index in [1.165, 1.54) is 70.6 Å². The Labute approximate surface area is 261 Å². The smallest absolute Gasteiger partial charge is 0.359 e. The van der Waals surface area contributed by atoms with Crippen LogP contribution in [0.5, 0.6) is 0 Å². The van der Waals surface area contributed by atoms with Crippen molar-refractivity contribution in [1.29, 1.82) is 0 Å². The van der Waals surface area contributed by atoms with Gasteiger partial charge in [0.2, 0.25) is 5.91 Å². The zero-order valence-electron chi connectivity index (χ0n) is 29.0. The summed E-state index contributed by atoms with van der Waals surface area (Å²) >= 11 is 0. The van der Waals surface area contributed by atoms with E-state index in [4.69, 9.17) is 0 Å². The van der Waals surface area contributed by atoms with Gasteiger partial charge >= 0.3 is 5.97 Å². The van der Waals surface area contributed by atoms with Gasteiger partial charge in [-0.15, -0.1) is 0 Å². The standard InChI is InChI=1S/C37H70N2O3/c1-8-9-10-11-12-13-14-15-16-18-36(40)38-23-17-24-39(27-37(41)42,34-25-30(6)19-21-32(34)28(2)3)35-26-31(7)20-22-33(35)29(4)5/h28-35H,8-27H2,1-7H3,(H-,38,40,41,42)/p+1. The molecule has 0 radical (unpaired) electrons. The first kappa shape index (κ1) is 37.1. The molecule has 6 atom stereocenters. The van der Waals surface area contributed by atoms with Gasteiger partial charge in [-0.25, -0.2) is 4.79 Å². The number of rotatable bonds is 20. The fourth-order valence-electron chi connectivity index (χ4n) is 8.92. The maximum Gasteiger partial charge on any atom is 0.359 e. The van der Waals surface area contributed by atoms with Gasteiger partial charge in [0, 0.05) is 44.1 Å². The number of unbranched alkanes of at least 4 members (excludes halogenated alkanes) is 8. The number of carboxylic acids is 1. The number of carbonyl (C=O) groups excluding carboxylic acids is 1. The first-order valence-electron chi connectivity index (χ1n) is 18.4. The number of hydrogen-bond donors (Lipinski definition) is 2. The Balaban J connectivity index is 2.09. The van der Waals surface area contributed by atoms with Gasteiger partial charge in [-0.05, 0) is 55.8 Å². The van der Waals surface area contributed by atoms with Crippen LogP contribution in [-0.2, 0) is 9.59 Å². The Bertz CT molecular complexity index is 734. The molecule has 6 unspecified atom stereocenters. The Hall–Kier alpha value is -1.10. The van der Waals surface area contributed by atoms with Crippen LogP contribution in [0.15, 0.2) is 0 Å². The zero-order chi connectivity index (χ0) is 31.1. The average Bonchev–Trinajstić information content (AvgIpc) is 2.93. The van der Waals surface area contributed by atoms with Gasteiger partial charge in [-0.3, -0.25) is 4.79 Å². The third-order valence-electron chi connectivity index (χ3n) is 11.3. The van der Waals surface area contributed by atoms with E-state index in [9.17, 15) is 14.7 Å². The monoisotopic (exact) mass is 592 g/mol. The Morgan fingerprint density at radius 2 is 1.21 bits per heavy atom. The van der Waals surface area contributed by atoms with Gasteiger partial charge in [0.15, 0.2) is 6.54 Å². The lowest BCUT2D eigenvalue weighted by atomic mass is 9.67. The van der Waals surface area contributed by atoms with Gasteiger partial charge < -0.3 is 14.9 Å². The van der Waals surface area contributed by atoms with Crippen LogP contribution in [0, 0.1) is 35.5 Å². The third-order valence-corrected chi connectivity index (χ3v) is 11.3. The summed E-state index contributed by atoms with van der Waals surface area (Å²) in [5, 5.41) is 13.7. The summed E-state index contributed by atoms with van der Waals surface area (Å²) in [6.07, 6.45) is 20.1. The van der Waals surface area contributed by atoms with Crippen LogP contribution < -0.4 is 5.32 Å². The average molecular weight is 592 g/mol. The van der Waals surface area contributed by atoms with E-state index in [1.807, 2.05) is 0 Å². The molecule has 2 fully saturated rings. The van der Waals surface area contributed by atoms with Crippen molar-refractivity contribution in [2.45, 2.75) is 170 Å². The number of hydrogen-bond acceptors (Lipinski definition) is 2. The van der Waals surface area contributed by atoms with Crippen molar-refractivity contribution in [2.24, 2.45) is 35.5 Å². The fraction of sp³-hybridized carbons (Fsp3) is 0.946. The molecule has 0 aliphatic heterocycles. The number of quaternary nitrogens is 1. The number of nitrogens with one attached hydrogen (secondary N) is 1. The van der Waals surface area contributed by atoms with Crippen molar-refractivity contribution >= 4 is 11.9 Å². The van der Waals surface area contributed by atoms with Gasteiger partial charge in [0.25, 0.3) is 0 Å². The Morgan fingerprint density at radius 1 is 0.738 bits per heavy atom. The highest BCUT2D eigenvalue weighted by Crippen LogP contribution is 2.47. The molecule has 0 aromatic carbocycles. The first-order valence-corrected chi connectivity index (χ1v) is 18.4. The van der Waals surface area contributed by atoms with E-state index in [2.05, 4.69) is 53.8 Å². The van der Waals surface area contributed by atoms with Gasteiger partial charge in [-0.1, -0.05) is 99.8 Å². The van der Waals surface area contributed by atoms with Crippen molar-refractivity contribution in [1.82, 2.24) is 5.32 Å². The number of nitrogens with zero attached hydrogens (tertiary/aromatic N) is 1. The molecule has 2 aliphatic rings. The minimum Gasteiger partial charge on any atom is -0.477 e. The van der Waals surface area contributed by atoms with Crippen molar-refractivity contribution in [3.05, 3.63) is 0 Å². The lowest BCUT2D eigenvalue weighted by Gasteiger charge is -2.58. The van der Waals surface area contributed by atoms with E-state index in [1.54, 1.807) is 0 Å². The molecule has 5 heteroatoms. The number of aliphatic carboxylic acids is 1. The summed E-state index contributed by atoms with van der Waals surface area (Å²) in [4.78, 5) is 25.4. The minimum atomic E-state index is -0.647. The molecule has 2 N–H and O–H groups in total. The van der Waals surface area contributed by atoms with E-state index in [0.29, 0.717) is 60.6 Å². The van der Waals surface area contributed by atoms with Gasteiger partial charge in [0.05, 0.1) is 18.6 Å². The highest BCUT2D eigenvalue weighted by molar-refractivity contribution is 5.75. The van der Waals surface area contributed by atoms with E-state index in [-0.39, 0.29) is 12.5 Å². The molecule has 2 saturated carbocycles. The maximum atomic E-state index is 12.7. The highest BCUT2D eigenvalue weighted by Gasteiger charge is 2.54. The molecule has 2 rings (SSSR count).